The molecule has 0 spiro atoms. The third-order valence-electron chi connectivity index (χ3n) is 1.43. The molecule has 0 unspecified atom stereocenters. The van der Waals surface area contributed by atoms with Gasteiger partial charge in [0, 0.05) is 0 Å². The van der Waals surface area contributed by atoms with Crippen molar-refractivity contribution in [2.45, 2.75) is 13.8 Å². The highest BCUT2D eigenvalue weighted by atomic mass is 16.5. The van der Waals surface area contributed by atoms with E-state index >= 15 is 0 Å². The van der Waals surface area contributed by atoms with E-state index in [2.05, 4.69) is 25.6 Å². The van der Waals surface area contributed by atoms with Crippen LogP contribution in [0.5, 0.6) is 5.75 Å². The largest absolute Gasteiger partial charge is 0.497 e. The Bertz CT molecular complexity index is 213. The van der Waals surface area contributed by atoms with Crippen LogP contribution in [0.3, 0.4) is 0 Å². The lowest BCUT2D eigenvalue weighted by molar-refractivity contribution is 0.414. The summed E-state index contributed by atoms with van der Waals surface area (Å²) < 4.78 is 5.08. The lowest BCUT2D eigenvalue weighted by atomic mass is 10.1. The fraction of sp³-hybridized carbons (Fsp3) is 0.400. The van der Waals surface area contributed by atoms with Crippen LogP contribution < -0.4 is 10.5 Å². The number of methoxy groups -OCH3 is 1. The molecule has 1 aromatic carbocycles. The molecule has 0 heterocycles. The summed E-state index contributed by atoms with van der Waals surface area (Å²) in [5, 5.41) is 0. The molecule has 12 heavy (non-hydrogen) atoms. The number of hydrogen-bond acceptors (Lipinski definition) is 2. The van der Waals surface area contributed by atoms with Crippen LogP contribution in [0.2, 0.25) is 0 Å². The maximum Gasteiger partial charge on any atom is 0.119 e. The molecule has 0 fully saturated rings. The van der Waals surface area contributed by atoms with Gasteiger partial charge in [-0.05, 0) is 44.2 Å². The first-order chi connectivity index (χ1) is 5.72. The number of benzene rings is 1. The fourth-order valence-corrected chi connectivity index (χ4v) is 1.05. The van der Waals surface area contributed by atoms with Gasteiger partial charge in [-0.3, -0.25) is 0 Å². The normalized spacial score (nSPS) is 8.42. The van der Waals surface area contributed by atoms with Gasteiger partial charge in [-0.15, -0.1) is 0 Å². The molecular formula is C10H17NO. The second-order valence-corrected chi connectivity index (χ2v) is 2.53. The van der Waals surface area contributed by atoms with Crippen LogP contribution >= 0.6 is 0 Å². The number of nitrogens with two attached hydrogens (primary N) is 1. The van der Waals surface area contributed by atoms with E-state index in [0.29, 0.717) is 0 Å². The maximum atomic E-state index is 5.08. The summed E-state index contributed by atoms with van der Waals surface area (Å²) in [7, 11) is 3.19. The average Bonchev–Trinajstić information content (AvgIpc) is 2.06. The highest BCUT2D eigenvalue weighted by molar-refractivity contribution is 5.32. The van der Waals surface area contributed by atoms with Crippen molar-refractivity contribution in [2.75, 3.05) is 14.2 Å². The lowest BCUT2D eigenvalue weighted by Gasteiger charge is -2.01. The number of aryl methyl sites for hydroxylation is 2. The predicted octanol–water partition coefficient (Wildman–Crippen LogP) is 1.89. The Morgan fingerprint density at radius 2 is 1.42 bits per heavy atom. The molecule has 0 saturated carbocycles. The maximum absolute atomic E-state index is 5.08. The summed E-state index contributed by atoms with van der Waals surface area (Å²) in [4.78, 5) is 0. The molecule has 2 nitrogen and oxygen atoms in total. The van der Waals surface area contributed by atoms with Crippen molar-refractivity contribution in [3.63, 3.8) is 0 Å². The molecule has 0 saturated heterocycles. The van der Waals surface area contributed by atoms with Gasteiger partial charge >= 0.3 is 0 Å². The van der Waals surface area contributed by atoms with Crippen molar-refractivity contribution in [3.8, 4) is 5.75 Å². The van der Waals surface area contributed by atoms with Crippen molar-refractivity contribution in [3.05, 3.63) is 29.3 Å². The van der Waals surface area contributed by atoms with Crippen molar-refractivity contribution in [2.24, 2.45) is 5.73 Å². The highest BCUT2D eigenvalue weighted by Gasteiger charge is 1.92. The summed E-state index contributed by atoms with van der Waals surface area (Å²) in [5.74, 6) is 0.942. The average molecular weight is 167 g/mol. The SMILES string of the molecule is CN.COc1cc(C)cc(C)c1. The molecule has 2 heteroatoms. The molecule has 0 bridgehead atoms. The first-order valence-electron chi connectivity index (χ1n) is 3.92. The number of hydrogen-bond donors (Lipinski definition) is 1. The number of ether oxygens (including phenoxy) is 1. The van der Waals surface area contributed by atoms with Gasteiger partial charge in [0.2, 0.25) is 0 Å². The fourth-order valence-electron chi connectivity index (χ4n) is 1.05. The smallest absolute Gasteiger partial charge is 0.119 e. The van der Waals surface area contributed by atoms with E-state index in [9.17, 15) is 0 Å². The molecule has 0 aliphatic carbocycles. The zero-order chi connectivity index (χ0) is 9.56. The topological polar surface area (TPSA) is 35.2 Å². The molecule has 68 valence electrons. The molecule has 0 aliphatic rings. The van der Waals surface area contributed by atoms with E-state index < -0.39 is 0 Å². The van der Waals surface area contributed by atoms with Crippen molar-refractivity contribution >= 4 is 0 Å². The molecule has 0 atom stereocenters. The Morgan fingerprint density at radius 3 is 1.75 bits per heavy atom. The molecule has 0 radical (unpaired) electrons. The van der Waals surface area contributed by atoms with E-state index in [0.717, 1.165) is 5.75 Å². The minimum absolute atomic E-state index is 0.942. The zero-order valence-electron chi connectivity index (χ0n) is 8.22. The minimum atomic E-state index is 0.942. The molecule has 1 aromatic rings. The van der Waals surface area contributed by atoms with Gasteiger partial charge in [-0.2, -0.15) is 0 Å². The Hall–Kier alpha value is -1.02. The van der Waals surface area contributed by atoms with Crippen molar-refractivity contribution in [1.29, 1.82) is 0 Å². The predicted molar refractivity (Wildman–Crippen MR) is 52.6 cm³/mol. The monoisotopic (exact) mass is 167 g/mol. The summed E-state index contributed by atoms with van der Waals surface area (Å²) in [6, 6.07) is 6.17. The van der Waals surface area contributed by atoms with Gasteiger partial charge in [0.15, 0.2) is 0 Å². The van der Waals surface area contributed by atoms with Crippen LogP contribution in [0.1, 0.15) is 11.1 Å². The molecule has 1 rings (SSSR count). The van der Waals surface area contributed by atoms with Crippen LogP contribution in [-0.2, 0) is 0 Å². The van der Waals surface area contributed by atoms with Gasteiger partial charge in [-0.1, -0.05) is 6.07 Å². The van der Waals surface area contributed by atoms with Crippen LogP contribution in [0.25, 0.3) is 0 Å². The molecule has 0 aliphatic heterocycles. The summed E-state index contributed by atoms with van der Waals surface area (Å²) >= 11 is 0. The van der Waals surface area contributed by atoms with Crippen LogP contribution in [0, 0.1) is 13.8 Å². The van der Waals surface area contributed by atoms with Gasteiger partial charge < -0.3 is 10.5 Å². The van der Waals surface area contributed by atoms with Gasteiger partial charge in [0.05, 0.1) is 7.11 Å². The molecule has 2 N–H and O–H groups in total. The minimum Gasteiger partial charge on any atom is -0.497 e. The van der Waals surface area contributed by atoms with E-state index in [-0.39, 0.29) is 0 Å². The van der Waals surface area contributed by atoms with E-state index in [1.807, 2.05) is 12.1 Å². The van der Waals surface area contributed by atoms with Crippen molar-refractivity contribution < 1.29 is 4.74 Å². The third kappa shape index (κ3) is 3.39. The third-order valence-corrected chi connectivity index (χ3v) is 1.43. The second kappa shape index (κ2) is 5.61. The van der Waals surface area contributed by atoms with Gasteiger partial charge in [0.25, 0.3) is 0 Å². The molecular weight excluding hydrogens is 150 g/mol. The Balaban J connectivity index is 0.000000561. The number of rotatable bonds is 1. The Morgan fingerprint density at radius 1 is 1.00 bits per heavy atom. The van der Waals surface area contributed by atoms with E-state index in [4.69, 9.17) is 4.74 Å². The highest BCUT2D eigenvalue weighted by Crippen LogP contribution is 2.14. The first-order valence-corrected chi connectivity index (χ1v) is 3.92. The van der Waals surface area contributed by atoms with E-state index in [1.54, 1.807) is 7.11 Å². The molecule has 0 amide bonds. The lowest BCUT2D eigenvalue weighted by Crippen LogP contribution is -1.84. The standard InChI is InChI=1S/C9H12O.CH5N/c1-7-4-8(2)6-9(5-7)10-3;1-2/h4-6H,1-3H3;2H2,1H3. The Labute approximate surface area is 74.4 Å². The van der Waals surface area contributed by atoms with Crippen LogP contribution in [0.15, 0.2) is 18.2 Å². The first kappa shape index (κ1) is 11.0. The zero-order valence-corrected chi connectivity index (χ0v) is 8.22. The summed E-state index contributed by atoms with van der Waals surface area (Å²) in [5.41, 5.74) is 6.99. The summed E-state index contributed by atoms with van der Waals surface area (Å²) in [6.07, 6.45) is 0. The van der Waals surface area contributed by atoms with Gasteiger partial charge in [0.1, 0.15) is 5.75 Å². The summed E-state index contributed by atoms with van der Waals surface area (Å²) in [6.45, 7) is 4.13. The van der Waals surface area contributed by atoms with Crippen molar-refractivity contribution in [1.82, 2.24) is 0 Å². The second-order valence-electron chi connectivity index (χ2n) is 2.53. The van der Waals surface area contributed by atoms with E-state index in [1.165, 1.54) is 18.2 Å². The van der Waals surface area contributed by atoms with Crippen LogP contribution in [-0.4, -0.2) is 14.2 Å². The molecule has 0 aromatic heterocycles. The van der Waals surface area contributed by atoms with Gasteiger partial charge in [-0.25, -0.2) is 0 Å². The quantitative estimate of drug-likeness (QED) is 0.693. The Kier molecular flexibility index (Phi) is 5.13. The van der Waals surface area contributed by atoms with Crippen LogP contribution in [0.4, 0.5) is 0 Å².